The molecule has 0 aromatic heterocycles. The number of carbonyl (C=O) groups is 2. The smallest absolute Gasteiger partial charge is 0.321 e. The molecule has 3 aromatic carbocycles. The van der Waals surface area contributed by atoms with E-state index in [4.69, 9.17) is 4.74 Å². The molecule has 0 radical (unpaired) electrons. The summed E-state index contributed by atoms with van der Waals surface area (Å²) in [5.74, 6) is 0.471. The van der Waals surface area contributed by atoms with Gasteiger partial charge in [-0.3, -0.25) is 14.5 Å². The summed E-state index contributed by atoms with van der Waals surface area (Å²) in [5, 5.41) is 2.86. The highest BCUT2D eigenvalue weighted by Crippen LogP contribution is 2.32. The average molecular weight is 548 g/mol. The molecular formula is C28H29N5O5S. The molecule has 0 aliphatic carbocycles. The molecule has 3 amide bonds. The Morgan fingerprint density at radius 1 is 0.897 bits per heavy atom. The van der Waals surface area contributed by atoms with Crippen LogP contribution in [0, 0.1) is 0 Å². The van der Waals surface area contributed by atoms with Gasteiger partial charge >= 0.3 is 6.03 Å². The normalized spacial score (nSPS) is 14.9. The Bertz CT molecular complexity index is 1510. The van der Waals surface area contributed by atoms with Crippen LogP contribution in [0.5, 0.6) is 5.75 Å². The average Bonchev–Trinajstić information content (AvgIpc) is 2.97. The molecule has 2 heterocycles. The van der Waals surface area contributed by atoms with Crippen LogP contribution in [0.2, 0.25) is 0 Å². The van der Waals surface area contributed by atoms with Crippen LogP contribution in [0.1, 0.15) is 22.3 Å². The molecule has 39 heavy (non-hydrogen) atoms. The van der Waals surface area contributed by atoms with Crippen molar-refractivity contribution in [3.05, 3.63) is 77.9 Å². The second-order valence-corrected chi connectivity index (χ2v) is 10.9. The van der Waals surface area contributed by atoms with Gasteiger partial charge in [0.25, 0.3) is 15.9 Å². The number of nitrogens with one attached hydrogen (secondary N) is 2. The number of aliphatic imine (C=N–C) groups is 1. The number of anilines is 2. The van der Waals surface area contributed by atoms with Gasteiger partial charge in [-0.05, 0) is 60.9 Å². The number of fused-ring (bicyclic) bond motifs is 1. The summed E-state index contributed by atoms with van der Waals surface area (Å²) in [7, 11) is -2.29. The van der Waals surface area contributed by atoms with E-state index in [1.165, 1.54) is 0 Å². The lowest BCUT2D eigenvalue weighted by Crippen LogP contribution is -2.51. The number of rotatable bonds is 6. The van der Waals surface area contributed by atoms with Gasteiger partial charge in [0.05, 0.1) is 12.8 Å². The van der Waals surface area contributed by atoms with Gasteiger partial charge in [0.1, 0.15) is 10.6 Å². The largest absolute Gasteiger partial charge is 0.497 e. The van der Waals surface area contributed by atoms with Crippen LogP contribution in [0.4, 0.5) is 21.9 Å². The van der Waals surface area contributed by atoms with Crippen molar-refractivity contribution in [3.8, 4) is 5.75 Å². The van der Waals surface area contributed by atoms with Gasteiger partial charge in [-0.25, -0.2) is 13.2 Å². The third kappa shape index (κ3) is 5.88. The standard InChI is InChI=1S/C28H29N5O5S/c1-38-24-8-3-7-23(19-24)30-28(35)33-17-15-32(16-18-33)27(34)21-10-12-22(13-11-21)31-39(36,37)25-9-2-5-20-6-4-14-29-26(20)25/h2-3,5,7-14,19,31H,4,6,15-18H2,1H3,(H,30,35). The van der Waals surface area contributed by atoms with Crippen molar-refractivity contribution in [2.45, 2.75) is 17.7 Å². The van der Waals surface area contributed by atoms with Gasteiger partial charge in [-0.1, -0.05) is 18.2 Å². The maximum atomic E-state index is 13.1. The van der Waals surface area contributed by atoms with Gasteiger partial charge in [0.15, 0.2) is 0 Å². The first-order chi connectivity index (χ1) is 18.8. The molecule has 2 aliphatic rings. The van der Waals surface area contributed by atoms with Gasteiger partial charge in [-0.2, -0.15) is 0 Å². The van der Waals surface area contributed by atoms with Crippen molar-refractivity contribution in [3.63, 3.8) is 0 Å². The van der Waals surface area contributed by atoms with Crippen LogP contribution in [-0.2, 0) is 16.4 Å². The predicted molar refractivity (Wildman–Crippen MR) is 150 cm³/mol. The highest BCUT2D eigenvalue weighted by molar-refractivity contribution is 7.92. The Labute approximate surface area is 227 Å². The monoisotopic (exact) mass is 547 g/mol. The van der Waals surface area contributed by atoms with Crippen LogP contribution >= 0.6 is 0 Å². The lowest BCUT2D eigenvalue weighted by Gasteiger charge is -2.34. The number of methoxy groups -OCH3 is 1. The summed E-state index contributed by atoms with van der Waals surface area (Å²) in [6, 6.07) is 18.4. The molecule has 0 bridgehead atoms. The second-order valence-electron chi connectivity index (χ2n) is 9.24. The lowest BCUT2D eigenvalue weighted by atomic mass is 10.1. The summed E-state index contributed by atoms with van der Waals surface area (Å²) >= 11 is 0. The summed E-state index contributed by atoms with van der Waals surface area (Å²) in [4.78, 5) is 33.5. The quantitative estimate of drug-likeness (QED) is 0.481. The first kappa shape index (κ1) is 26.2. The molecular weight excluding hydrogens is 518 g/mol. The van der Waals surface area contributed by atoms with E-state index in [2.05, 4.69) is 15.0 Å². The van der Waals surface area contributed by atoms with Crippen molar-refractivity contribution in [2.24, 2.45) is 4.99 Å². The number of hydrogen-bond acceptors (Lipinski definition) is 6. The number of para-hydroxylation sites is 1. The van der Waals surface area contributed by atoms with Crippen LogP contribution in [0.3, 0.4) is 0 Å². The molecule has 0 spiro atoms. The highest BCUT2D eigenvalue weighted by Gasteiger charge is 2.26. The zero-order chi connectivity index (χ0) is 27.4. The molecule has 5 rings (SSSR count). The third-order valence-corrected chi connectivity index (χ3v) is 8.11. The molecule has 0 unspecified atom stereocenters. The van der Waals surface area contributed by atoms with Crippen LogP contribution in [0.25, 0.3) is 0 Å². The van der Waals surface area contributed by atoms with Crippen molar-refractivity contribution < 1.29 is 22.7 Å². The van der Waals surface area contributed by atoms with E-state index < -0.39 is 10.0 Å². The molecule has 3 aromatic rings. The molecule has 1 saturated heterocycles. The first-order valence-electron chi connectivity index (χ1n) is 12.6. The SMILES string of the molecule is COc1cccc(NC(=O)N2CCN(C(=O)c3ccc(NS(=O)(=O)c4cccc5c4N=CCC5)cc3)CC2)c1. The topological polar surface area (TPSA) is 120 Å². The van der Waals surface area contributed by atoms with Crippen molar-refractivity contribution >= 4 is 45.2 Å². The van der Waals surface area contributed by atoms with E-state index >= 15 is 0 Å². The Hall–Kier alpha value is -4.38. The van der Waals surface area contributed by atoms with Crippen LogP contribution in [-0.4, -0.2) is 69.7 Å². The van der Waals surface area contributed by atoms with E-state index in [1.54, 1.807) is 83.8 Å². The predicted octanol–water partition coefficient (Wildman–Crippen LogP) is 4.13. The number of amides is 3. The van der Waals surface area contributed by atoms with Crippen LogP contribution in [0.15, 0.2) is 76.6 Å². The molecule has 202 valence electrons. The maximum absolute atomic E-state index is 13.1. The second kappa shape index (κ2) is 11.2. The number of urea groups is 1. The number of nitrogens with zero attached hydrogens (tertiary/aromatic N) is 3. The highest BCUT2D eigenvalue weighted by atomic mass is 32.2. The van der Waals surface area contributed by atoms with Gasteiger partial charge in [-0.15, -0.1) is 0 Å². The molecule has 2 N–H and O–H groups in total. The molecule has 2 aliphatic heterocycles. The Morgan fingerprint density at radius 2 is 1.62 bits per heavy atom. The fourth-order valence-corrected chi connectivity index (χ4v) is 5.85. The number of hydrogen-bond donors (Lipinski definition) is 2. The zero-order valence-electron chi connectivity index (χ0n) is 21.5. The molecule has 1 fully saturated rings. The molecule has 11 heteroatoms. The van der Waals surface area contributed by atoms with E-state index in [9.17, 15) is 18.0 Å². The van der Waals surface area contributed by atoms with Gasteiger partial charge in [0.2, 0.25) is 0 Å². The summed E-state index contributed by atoms with van der Waals surface area (Å²) in [6.07, 6.45) is 3.26. The number of piperazine rings is 1. The Morgan fingerprint density at radius 3 is 2.36 bits per heavy atom. The minimum Gasteiger partial charge on any atom is -0.497 e. The zero-order valence-corrected chi connectivity index (χ0v) is 22.3. The minimum absolute atomic E-state index is 0.129. The van der Waals surface area contributed by atoms with Gasteiger partial charge < -0.3 is 19.9 Å². The number of sulfonamides is 1. The van der Waals surface area contributed by atoms with Crippen LogP contribution < -0.4 is 14.8 Å². The van der Waals surface area contributed by atoms with E-state index in [1.807, 2.05) is 6.07 Å². The molecule has 0 atom stereocenters. The fraction of sp³-hybridized carbons (Fsp3) is 0.250. The summed E-state index contributed by atoms with van der Waals surface area (Å²) < 4.78 is 33.9. The van der Waals surface area contributed by atoms with E-state index in [-0.39, 0.29) is 16.8 Å². The third-order valence-electron chi connectivity index (χ3n) is 6.69. The Kier molecular flexibility index (Phi) is 7.51. The van der Waals surface area contributed by atoms with E-state index in [0.29, 0.717) is 54.6 Å². The summed E-state index contributed by atoms with van der Waals surface area (Å²) in [5.41, 5.74) is 2.80. The van der Waals surface area contributed by atoms with Gasteiger partial charge in [0, 0.05) is 55.4 Å². The van der Waals surface area contributed by atoms with Crippen molar-refractivity contribution in [2.75, 3.05) is 43.3 Å². The van der Waals surface area contributed by atoms with E-state index in [0.717, 1.165) is 18.4 Å². The number of aryl methyl sites for hydroxylation is 1. The lowest BCUT2D eigenvalue weighted by molar-refractivity contribution is 0.0671. The fourth-order valence-electron chi connectivity index (χ4n) is 4.60. The first-order valence-corrected chi connectivity index (χ1v) is 14.1. The maximum Gasteiger partial charge on any atom is 0.321 e. The number of carbonyl (C=O) groups excluding carboxylic acids is 2. The van der Waals surface area contributed by atoms with Crippen molar-refractivity contribution in [1.82, 2.24) is 9.80 Å². The van der Waals surface area contributed by atoms with Crippen molar-refractivity contribution in [1.29, 1.82) is 0 Å². The number of benzene rings is 3. The molecule has 0 saturated carbocycles. The number of ether oxygens (including phenoxy) is 1. The Balaban J connectivity index is 1.18. The summed E-state index contributed by atoms with van der Waals surface area (Å²) in [6.45, 7) is 1.56. The minimum atomic E-state index is -3.86. The molecule has 10 nitrogen and oxygen atoms in total.